The number of nitrogens with one attached hydrogen (secondary N) is 1. The van der Waals surface area contributed by atoms with E-state index in [1.807, 2.05) is 19.9 Å². The molecular formula is C7H13NO2. The van der Waals surface area contributed by atoms with Crippen molar-refractivity contribution in [3.05, 3.63) is 11.8 Å². The van der Waals surface area contributed by atoms with Gasteiger partial charge in [0.15, 0.2) is 0 Å². The monoisotopic (exact) mass is 143 g/mol. The van der Waals surface area contributed by atoms with E-state index in [-0.39, 0.29) is 0 Å². The number of likely N-dealkylation sites (N-methyl/N-ethyl adjacent to an activating group) is 1. The highest BCUT2D eigenvalue weighted by molar-refractivity contribution is 5.37. The fourth-order valence-corrected chi connectivity index (χ4v) is 0.587. The van der Waals surface area contributed by atoms with Crippen molar-refractivity contribution in [2.24, 2.45) is 0 Å². The van der Waals surface area contributed by atoms with Gasteiger partial charge >= 0.3 is 0 Å². The second-order valence-electron chi connectivity index (χ2n) is 1.75. The van der Waals surface area contributed by atoms with Crippen molar-refractivity contribution in [2.75, 3.05) is 13.2 Å². The number of rotatable bonds is 5. The van der Waals surface area contributed by atoms with Gasteiger partial charge in [-0.25, -0.2) is 0 Å². The summed E-state index contributed by atoms with van der Waals surface area (Å²) in [4.78, 5) is 9.75. The third-order valence-electron chi connectivity index (χ3n) is 1.06. The van der Waals surface area contributed by atoms with E-state index < -0.39 is 0 Å². The van der Waals surface area contributed by atoms with E-state index in [1.165, 1.54) is 0 Å². The largest absolute Gasteiger partial charge is 0.462 e. The van der Waals surface area contributed by atoms with Gasteiger partial charge in [-0.15, -0.1) is 0 Å². The molecule has 3 nitrogen and oxygen atoms in total. The van der Waals surface area contributed by atoms with Crippen LogP contribution in [0.25, 0.3) is 0 Å². The molecule has 0 spiro atoms. The molecule has 10 heavy (non-hydrogen) atoms. The fraction of sp³-hybridized carbons (Fsp3) is 0.571. The number of carbonyl (C=O) groups is 1. The number of carbonyl (C=O) groups excluding carboxylic acids is 1. The summed E-state index contributed by atoms with van der Waals surface area (Å²) in [5.74, 6) is 0. The molecule has 0 saturated heterocycles. The Labute approximate surface area is 61.1 Å². The molecule has 0 aliphatic heterocycles. The third-order valence-corrected chi connectivity index (χ3v) is 1.06. The van der Waals surface area contributed by atoms with Crippen LogP contribution in [0.4, 0.5) is 0 Å². The standard InChI is InChI=1S/C7H13NO2/c1-3-7(8-4-2)5-10-6-9/h3,6,8H,4-5H2,1-2H3. The van der Waals surface area contributed by atoms with Gasteiger partial charge in [-0.3, -0.25) is 4.79 Å². The maximum Gasteiger partial charge on any atom is 0.293 e. The summed E-state index contributed by atoms with van der Waals surface area (Å²) >= 11 is 0. The number of allylic oxidation sites excluding steroid dienone is 1. The zero-order valence-electron chi connectivity index (χ0n) is 6.39. The lowest BCUT2D eigenvalue weighted by Crippen LogP contribution is -2.16. The lowest BCUT2D eigenvalue weighted by molar-refractivity contribution is -0.127. The minimum Gasteiger partial charge on any atom is -0.462 e. The molecule has 3 heteroatoms. The first-order chi connectivity index (χ1) is 4.85. The lowest BCUT2D eigenvalue weighted by atomic mass is 10.4. The molecule has 0 aromatic rings. The van der Waals surface area contributed by atoms with E-state index in [1.54, 1.807) is 0 Å². The number of hydrogen-bond donors (Lipinski definition) is 1. The first-order valence-corrected chi connectivity index (χ1v) is 3.29. The van der Waals surface area contributed by atoms with Gasteiger partial charge in [0.1, 0.15) is 6.61 Å². The first-order valence-electron chi connectivity index (χ1n) is 3.29. The quantitative estimate of drug-likeness (QED) is 0.575. The molecule has 0 aromatic carbocycles. The molecule has 0 aliphatic carbocycles. The zero-order chi connectivity index (χ0) is 7.82. The zero-order valence-corrected chi connectivity index (χ0v) is 6.39. The summed E-state index contributed by atoms with van der Waals surface area (Å²) in [7, 11) is 0. The van der Waals surface area contributed by atoms with Crippen LogP contribution in [0.3, 0.4) is 0 Å². The molecule has 0 unspecified atom stereocenters. The van der Waals surface area contributed by atoms with Crippen molar-refractivity contribution in [1.82, 2.24) is 5.32 Å². The van der Waals surface area contributed by atoms with Crippen LogP contribution < -0.4 is 5.32 Å². The molecule has 58 valence electrons. The summed E-state index contributed by atoms with van der Waals surface area (Å²) in [5.41, 5.74) is 0.939. The fourth-order valence-electron chi connectivity index (χ4n) is 0.587. The molecule has 0 rings (SSSR count). The van der Waals surface area contributed by atoms with Crippen LogP contribution >= 0.6 is 0 Å². The maximum absolute atomic E-state index is 9.75. The Morgan fingerprint density at radius 1 is 1.70 bits per heavy atom. The van der Waals surface area contributed by atoms with Crippen molar-refractivity contribution in [3.8, 4) is 0 Å². The van der Waals surface area contributed by atoms with Gasteiger partial charge in [-0.05, 0) is 13.8 Å². The summed E-state index contributed by atoms with van der Waals surface area (Å²) in [6.45, 7) is 5.52. The Kier molecular flexibility index (Phi) is 5.53. The highest BCUT2D eigenvalue weighted by atomic mass is 16.5. The molecule has 0 radical (unpaired) electrons. The van der Waals surface area contributed by atoms with Gasteiger partial charge in [0, 0.05) is 12.2 Å². The van der Waals surface area contributed by atoms with E-state index in [9.17, 15) is 4.79 Å². The van der Waals surface area contributed by atoms with Crippen LogP contribution in [0.1, 0.15) is 13.8 Å². The Morgan fingerprint density at radius 2 is 2.40 bits per heavy atom. The highest BCUT2D eigenvalue weighted by Crippen LogP contribution is 1.87. The summed E-state index contributed by atoms with van der Waals surface area (Å²) < 4.78 is 4.53. The molecule has 0 fully saturated rings. The van der Waals surface area contributed by atoms with Crippen LogP contribution in [0.2, 0.25) is 0 Å². The Bertz CT molecular complexity index is 121. The minimum absolute atomic E-state index is 0.341. The molecule has 0 aliphatic rings. The predicted octanol–water partition coefficient (Wildman–Crippen LogP) is 0.673. The van der Waals surface area contributed by atoms with Crippen molar-refractivity contribution < 1.29 is 9.53 Å². The lowest BCUT2D eigenvalue weighted by Gasteiger charge is -2.05. The normalized spacial score (nSPS) is 10.8. The van der Waals surface area contributed by atoms with Crippen molar-refractivity contribution >= 4 is 6.47 Å². The van der Waals surface area contributed by atoms with E-state index in [0.29, 0.717) is 13.1 Å². The Hall–Kier alpha value is -0.990. The summed E-state index contributed by atoms with van der Waals surface area (Å²) in [5, 5.41) is 3.04. The average Bonchev–Trinajstić information content (AvgIpc) is 1.98. The van der Waals surface area contributed by atoms with Gasteiger partial charge in [0.2, 0.25) is 0 Å². The molecule has 0 saturated carbocycles. The van der Waals surface area contributed by atoms with E-state index in [4.69, 9.17) is 0 Å². The van der Waals surface area contributed by atoms with Crippen molar-refractivity contribution in [1.29, 1.82) is 0 Å². The van der Waals surface area contributed by atoms with Crippen LogP contribution in [0, 0.1) is 0 Å². The molecule has 0 bridgehead atoms. The summed E-state index contributed by atoms with van der Waals surface area (Å²) in [6.07, 6.45) is 1.88. The molecule has 0 amide bonds. The molecular weight excluding hydrogens is 130 g/mol. The molecule has 1 N–H and O–H groups in total. The number of ether oxygens (including phenoxy) is 1. The molecule has 0 heterocycles. The first kappa shape index (κ1) is 9.01. The highest BCUT2D eigenvalue weighted by Gasteiger charge is 1.90. The van der Waals surface area contributed by atoms with Crippen LogP contribution in [-0.4, -0.2) is 19.6 Å². The van der Waals surface area contributed by atoms with E-state index >= 15 is 0 Å². The second-order valence-corrected chi connectivity index (χ2v) is 1.75. The van der Waals surface area contributed by atoms with Crippen molar-refractivity contribution in [3.63, 3.8) is 0 Å². The van der Waals surface area contributed by atoms with E-state index in [0.717, 1.165) is 12.2 Å². The molecule has 0 aromatic heterocycles. The third kappa shape index (κ3) is 3.95. The maximum atomic E-state index is 9.75. The van der Waals surface area contributed by atoms with Crippen LogP contribution in [-0.2, 0) is 9.53 Å². The van der Waals surface area contributed by atoms with Gasteiger partial charge in [-0.2, -0.15) is 0 Å². The second kappa shape index (κ2) is 6.13. The van der Waals surface area contributed by atoms with Gasteiger partial charge in [0.25, 0.3) is 6.47 Å². The minimum atomic E-state index is 0.341. The SMILES string of the molecule is CC=C(COC=O)NCC. The van der Waals surface area contributed by atoms with Crippen LogP contribution in [0.5, 0.6) is 0 Å². The predicted molar refractivity (Wildman–Crippen MR) is 39.4 cm³/mol. The smallest absolute Gasteiger partial charge is 0.293 e. The van der Waals surface area contributed by atoms with Gasteiger partial charge < -0.3 is 10.1 Å². The number of hydrogen-bond acceptors (Lipinski definition) is 3. The van der Waals surface area contributed by atoms with Gasteiger partial charge in [-0.1, -0.05) is 6.08 Å². The molecule has 0 atom stereocenters. The Balaban J connectivity index is 3.51. The Morgan fingerprint density at radius 3 is 2.80 bits per heavy atom. The van der Waals surface area contributed by atoms with Gasteiger partial charge in [0.05, 0.1) is 0 Å². The van der Waals surface area contributed by atoms with Crippen molar-refractivity contribution in [2.45, 2.75) is 13.8 Å². The average molecular weight is 143 g/mol. The van der Waals surface area contributed by atoms with E-state index in [2.05, 4.69) is 10.1 Å². The van der Waals surface area contributed by atoms with Crippen LogP contribution in [0.15, 0.2) is 11.8 Å². The summed E-state index contributed by atoms with van der Waals surface area (Å²) in [6, 6.07) is 0. The topological polar surface area (TPSA) is 38.3 Å².